The van der Waals surface area contributed by atoms with E-state index in [1.54, 1.807) is 29.7 Å². The largest absolute Gasteiger partial charge is 0.484 e. The molecule has 0 aliphatic heterocycles. The summed E-state index contributed by atoms with van der Waals surface area (Å²) in [4.78, 5) is 8.34. The predicted octanol–water partition coefficient (Wildman–Crippen LogP) is 3.33. The zero-order chi connectivity index (χ0) is 11.4. The lowest BCUT2D eigenvalue weighted by Crippen LogP contribution is -1.97. The van der Waals surface area contributed by atoms with Crippen molar-refractivity contribution in [1.82, 2.24) is 9.97 Å². The summed E-state index contributed by atoms with van der Waals surface area (Å²) in [6.07, 6.45) is 2.59. The Morgan fingerprint density at radius 1 is 1.50 bits per heavy atom. The lowest BCUT2D eigenvalue weighted by Gasteiger charge is -2.04. The van der Waals surface area contributed by atoms with Gasteiger partial charge in [0.1, 0.15) is 6.61 Å². The predicted molar refractivity (Wildman–Crippen MR) is 65.1 cm³/mol. The molecule has 0 spiro atoms. The molecule has 0 N–H and O–H groups in total. The summed E-state index contributed by atoms with van der Waals surface area (Å²) in [5.74, 6) is 0.593. The van der Waals surface area contributed by atoms with E-state index in [0.29, 0.717) is 17.5 Å². The van der Waals surface area contributed by atoms with Crippen molar-refractivity contribution in [2.24, 2.45) is 0 Å². The van der Waals surface area contributed by atoms with Gasteiger partial charge >= 0.3 is 0 Å². The van der Waals surface area contributed by atoms with Gasteiger partial charge in [0, 0.05) is 11.6 Å². The standard InChI is InChI=1S/C11H11ClN2OS/c1-2-10-14-8(7-16-10)6-15-9-4-3-5-13-11(9)12/h3-5,7H,2,6H2,1H3. The summed E-state index contributed by atoms with van der Waals surface area (Å²) in [7, 11) is 0. The van der Waals surface area contributed by atoms with Crippen LogP contribution < -0.4 is 4.74 Å². The van der Waals surface area contributed by atoms with Gasteiger partial charge in [0.05, 0.1) is 10.7 Å². The molecule has 2 rings (SSSR count). The molecule has 0 aliphatic rings. The number of ether oxygens (including phenoxy) is 1. The lowest BCUT2D eigenvalue weighted by molar-refractivity contribution is 0.301. The van der Waals surface area contributed by atoms with E-state index in [1.807, 2.05) is 5.38 Å². The molecule has 2 aromatic rings. The summed E-state index contributed by atoms with van der Waals surface area (Å²) < 4.78 is 5.53. The summed E-state index contributed by atoms with van der Waals surface area (Å²) in [5.41, 5.74) is 0.932. The minimum Gasteiger partial charge on any atom is -0.484 e. The highest BCUT2D eigenvalue weighted by Crippen LogP contribution is 2.21. The Bertz CT molecular complexity index is 473. The van der Waals surface area contributed by atoms with Gasteiger partial charge in [0.2, 0.25) is 0 Å². The van der Waals surface area contributed by atoms with Crippen molar-refractivity contribution in [1.29, 1.82) is 0 Å². The Morgan fingerprint density at radius 2 is 2.38 bits per heavy atom. The van der Waals surface area contributed by atoms with E-state index in [9.17, 15) is 0 Å². The van der Waals surface area contributed by atoms with Gasteiger partial charge in [0.25, 0.3) is 0 Å². The molecule has 0 saturated heterocycles. The van der Waals surface area contributed by atoms with Crippen LogP contribution in [0.25, 0.3) is 0 Å². The maximum Gasteiger partial charge on any atom is 0.171 e. The van der Waals surface area contributed by atoms with Gasteiger partial charge in [-0.3, -0.25) is 0 Å². The highest BCUT2D eigenvalue weighted by molar-refractivity contribution is 7.09. The van der Waals surface area contributed by atoms with Gasteiger partial charge in [-0.15, -0.1) is 11.3 Å². The second-order valence-electron chi connectivity index (χ2n) is 3.17. The second-order valence-corrected chi connectivity index (χ2v) is 4.47. The molecule has 2 heterocycles. The van der Waals surface area contributed by atoms with Crippen LogP contribution in [0, 0.1) is 0 Å². The topological polar surface area (TPSA) is 35.0 Å². The first kappa shape index (κ1) is 11.4. The van der Waals surface area contributed by atoms with E-state index in [0.717, 1.165) is 17.1 Å². The molecule has 0 aromatic carbocycles. The molecule has 16 heavy (non-hydrogen) atoms. The van der Waals surface area contributed by atoms with Gasteiger partial charge in [-0.1, -0.05) is 18.5 Å². The van der Waals surface area contributed by atoms with Crippen LogP contribution in [0.2, 0.25) is 5.15 Å². The highest BCUT2D eigenvalue weighted by Gasteiger charge is 2.04. The van der Waals surface area contributed by atoms with Crippen molar-refractivity contribution in [2.45, 2.75) is 20.0 Å². The highest BCUT2D eigenvalue weighted by atomic mass is 35.5. The quantitative estimate of drug-likeness (QED) is 0.785. The first-order valence-electron chi connectivity index (χ1n) is 4.96. The third-order valence-corrected chi connectivity index (χ3v) is 3.33. The fourth-order valence-electron chi connectivity index (χ4n) is 1.21. The van der Waals surface area contributed by atoms with E-state index in [2.05, 4.69) is 16.9 Å². The number of thiazole rings is 1. The average Bonchev–Trinajstić information content (AvgIpc) is 2.76. The third-order valence-electron chi connectivity index (χ3n) is 2.00. The second kappa shape index (κ2) is 5.27. The molecule has 5 heteroatoms. The van der Waals surface area contributed by atoms with Crippen LogP contribution in [0.4, 0.5) is 0 Å². The third kappa shape index (κ3) is 2.71. The van der Waals surface area contributed by atoms with Crippen LogP contribution in [-0.4, -0.2) is 9.97 Å². The smallest absolute Gasteiger partial charge is 0.171 e. The van der Waals surface area contributed by atoms with Crippen LogP contribution >= 0.6 is 22.9 Å². The Kier molecular flexibility index (Phi) is 3.74. The molecule has 0 unspecified atom stereocenters. The zero-order valence-corrected chi connectivity index (χ0v) is 10.4. The van der Waals surface area contributed by atoms with Gasteiger partial charge in [-0.2, -0.15) is 0 Å². The van der Waals surface area contributed by atoms with Crippen LogP contribution in [0.5, 0.6) is 5.75 Å². The summed E-state index contributed by atoms with van der Waals surface area (Å²) >= 11 is 7.52. The van der Waals surface area contributed by atoms with Gasteiger partial charge in [-0.25, -0.2) is 9.97 Å². The minimum atomic E-state index is 0.383. The summed E-state index contributed by atoms with van der Waals surface area (Å²) in [6, 6.07) is 3.59. The van der Waals surface area contributed by atoms with E-state index in [4.69, 9.17) is 16.3 Å². The van der Waals surface area contributed by atoms with E-state index in [-0.39, 0.29) is 0 Å². The van der Waals surface area contributed by atoms with Crippen molar-refractivity contribution >= 4 is 22.9 Å². The zero-order valence-electron chi connectivity index (χ0n) is 8.81. The molecule has 0 saturated carbocycles. The molecule has 0 aliphatic carbocycles. The molecule has 2 aromatic heterocycles. The summed E-state index contributed by atoms with van der Waals surface area (Å²) in [6.45, 7) is 2.52. The average molecular weight is 255 g/mol. The normalized spacial score (nSPS) is 10.4. The maximum atomic E-state index is 5.87. The molecular weight excluding hydrogens is 244 g/mol. The number of pyridine rings is 1. The SMILES string of the molecule is CCc1nc(COc2cccnc2Cl)cs1. The first-order chi connectivity index (χ1) is 7.79. The van der Waals surface area contributed by atoms with E-state index < -0.39 is 0 Å². The molecular formula is C11H11ClN2OS. The van der Waals surface area contributed by atoms with Crippen molar-refractivity contribution in [3.05, 3.63) is 39.6 Å². The first-order valence-corrected chi connectivity index (χ1v) is 6.22. The van der Waals surface area contributed by atoms with Crippen LogP contribution in [-0.2, 0) is 13.0 Å². The molecule has 84 valence electrons. The van der Waals surface area contributed by atoms with Crippen molar-refractivity contribution < 1.29 is 4.74 Å². The lowest BCUT2D eigenvalue weighted by atomic mass is 10.4. The van der Waals surface area contributed by atoms with Crippen LogP contribution in [0.1, 0.15) is 17.6 Å². The number of aromatic nitrogens is 2. The fourth-order valence-corrected chi connectivity index (χ4v) is 2.11. The number of rotatable bonds is 4. The molecule has 0 radical (unpaired) electrons. The number of hydrogen-bond donors (Lipinski definition) is 0. The Hall–Kier alpha value is -1.13. The van der Waals surface area contributed by atoms with Crippen molar-refractivity contribution in [3.63, 3.8) is 0 Å². The van der Waals surface area contributed by atoms with E-state index >= 15 is 0 Å². The summed E-state index contributed by atoms with van der Waals surface area (Å²) in [5, 5.41) is 3.51. The fraction of sp³-hybridized carbons (Fsp3) is 0.273. The molecule has 0 atom stereocenters. The number of halogens is 1. The molecule has 3 nitrogen and oxygen atoms in total. The van der Waals surface area contributed by atoms with Crippen LogP contribution in [0.3, 0.4) is 0 Å². The van der Waals surface area contributed by atoms with Gasteiger partial charge in [-0.05, 0) is 18.6 Å². The number of hydrogen-bond acceptors (Lipinski definition) is 4. The monoisotopic (exact) mass is 254 g/mol. The molecule has 0 amide bonds. The number of nitrogens with zero attached hydrogens (tertiary/aromatic N) is 2. The number of aryl methyl sites for hydroxylation is 1. The Labute approximate surface area is 103 Å². The Balaban J connectivity index is 1.99. The van der Waals surface area contributed by atoms with E-state index in [1.165, 1.54) is 0 Å². The molecule has 0 bridgehead atoms. The minimum absolute atomic E-state index is 0.383. The van der Waals surface area contributed by atoms with Gasteiger partial charge in [0.15, 0.2) is 10.9 Å². The Morgan fingerprint density at radius 3 is 3.06 bits per heavy atom. The van der Waals surface area contributed by atoms with Crippen molar-refractivity contribution in [3.8, 4) is 5.75 Å². The van der Waals surface area contributed by atoms with Crippen molar-refractivity contribution in [2.75, 3.05) is 0 Å². The molecule has 0 fully saturated rings. The van der Waals surface area contributed by atoms with Gasteiger partial charge < -0.3 is 4.74 Å². The maximum absolute atomic E-state index is 5.87. The van der Waals surface area contributed by atoms with Crippen LogP contribution in [0.15, 0.2) is 23.7 Å².